The third-order valence-electron chi connectivity index (χ3n) is 2.55. The first kappa shape index (κ1) is 14.1. The average Bonchev–Trinajstić information content (AvgIpc) is 2.16. The van der Waals surface area contributed by atoms with E-state index in [1.807, 2.05) is 6.92 Å². The Kier molecular flexibility index (Phi) is 3.94. The second kappa shape index (κ2) is 4.74. The summed E-state index contributed by atoms with van der Waals surface area (Å²) in [4.78, 5) is 0.0409. The van der Waals surface area contributed by atoms with Gasteiger partial charge >= 0.3 is 0 Å². The summed E-state index contributed by atoms with van der Waals surface area (Å²) in [5.41, 5.74) is -0.763. The van der Waals surface area contributed by atoms with Crippen LogP contribution in [0.3, 0.4) is 0 Å². The van der Waals surface area contributed by atoms with E-state index in [2.05, 4.69) is 0 Å². The van der Waals surface area contributed by atoms with Crippen molar-refractivity contribution in [2.24, 2.45) is 0 Å². The van der Waals surface area contributed by atoms with Gasteiger partial charge in [0.15, 0.2) is 0 Å². The van der Waals surface area contributed by atoms with E-state index in [4.69, 9.17) is 4.18 Å². The van der Waals surface area contributed by atoms with Gasteiger partial charge in [0.25, 0.3) is 10.1 Å². The predicted molar refractivity (Wildman–Crippen MR) is 64.1 cm³/mol. The van der Waals surface area contributed by atoms with Crippen LogP contribution in [-0.4, -0.2) is 20.2 Å². The lowest BCUT2D eigenvalue weighted by Crippen LogP contribution is -2.33. The summed E-state index contributed by atoms with van der Waals surface area (Å²) in [6.45, 7) is 5.81. The number of hydrogen-bond acceptors (Lipinski definition) is 3. The molecule has 0 fully saturated rings. The number of halogens is 1. The fourth-order valence-electron chi connectivity index (χ4n) is 1.06. The molecule has 0 spiro atoms. The van der Waals surface area contributed by atoms with Crippen molar-refractivity contribution in [2.45, 2.75) is 44.4 Å². The van der Waals surface area contributed by atoms with E-state index in [0.29, 0.717) is 0 Å². The van der Waals surface area contributed by atoms with Crippen LogP contribution in [-0.2, 0) is 14.3 Å². The summed E-state index contributed by atoms with van der Waals surface area (Å²) in [6.07, 6.45) is -1.03. The van der Waals surface area contributed by atoms with Crippen LogP contribution < -0.4 is 0 Å². The summed E-state index contributed by atoms with van der Waals surface area (Å²) >= 11 is 0. The van der Waals surface area contributed by atoms with Gasteiger partial charge < -0.3 is 0 Å². The molecule has 0 aliphatic carbocycles. The van der Waals surface area contributed by atoms with E-state index in [1.54, 1.807) is 12.1 Å². The van der Waals surface area contributed by atoms with E-state index in [1.165, 1.54) is 32.9 Å². The Morgan fingerprint density at radius 3 is 2.12 bits per heavy atom. The van der Waals surface area contributed by atoms with Crippen molar-refractivity contribution in [3.05, 3.63) is 29.8 Å². The number of benzene rings is 1. The Morgan fingerprint density at radius 1 is 1.24 bits per heavy atom. The van der Waals surface area contributed by atoms with Gasteiger partial charge in [-0.3, -0.25) is 4.18 Å². The summed E-state index contributed by atoms with van der Waals surface area (Å²) in [5, 5.41) is 0. The summed E-state index contributed by atoms with van der Waals surface area (Å²) in [6, 6.07) is 6.23. The van der Waals surface area contributed by atoms with Crippen molar-refractivity contribution in [3.63, 3.8) is 0 Å². The first-order valence-corrected chi connectivity index (χ1v) is 6.72. The van der Waals surface area contributed by atoms with Gasteiger partial charge in [-0.25, -0.2) is 4.39 Å². The third kappa shape index (κ3) is 3.78. The molecule has 0 N–H and O–H groups in total. The first-order chi connectivity index (χ1) is 7.63. The summed E-state index contributed by atoms with van der Waals surface area (Å²) in [5.74, 6) is 0. The minimum absolute atomic E-state index is 0.0409. The molecule has 0 radical (unpaired) electrons. The Balaban J connectivity index is 2.94. The summed E-state index contributed by atoms with van der Waals surface area (Å²) < 4.78 is 42.0. The molecule has 17 heavy (non-hydrogen) atoms. The summed E-state index contributed by atoms with van der Waals surface area (Å²) in [7, 11) is -3.90. The standard InChI is InChI=1S/C12H17FO3S/c1-9-5-7-11(8-6-9)17(14,15)16-10(2)12(3,4)13/h5-8,10H,1-4H3/t10-/m1/s1. The van der Waals surface area contributed by atoms with Gasteiger partial charge in [-0.1, -0.05) is 17.7 Å². The van der Waals surface area contributed by atoms with E-state index < -0.39 is 21.9 Å². The second-order valence-corrected chi connectivity index (χ2v) is 6.14. The van der Waals surface area contributed by atoms with Crippen molar-refractivity contribution >= 4 is 10.1 Å². The van der Waals surface area contributed by atoms with Gasteiger partial charge in [-0.05, 0) is 39.8 Å². The molecular formula is C12H17FO3S. The highest BCUT2D eigenvalue weighted by Crippen LogP contribution is 2.22. The smallest absolute Gasteiger partial charge is 0.260 e. The van der Waals surface area contributed by atoms with Crippen LogP contribution in [0.2, 0.25) is 0 Å². The molecule has 0 aliphatic heterocycles. The molecule has 0 aliphatic rings. The molecule has 1 aromatic carbocycles. The maximum Gasteiger partial charge on any atom is 0.297 e. The zero-order valence-corrected chi connectivity index (χ0v) is 11.2. The Morgan fingerprint density at radius 2 is 1.71 bits per heavy atom. The van der Waals surface area contributed by atoms with Crippen LogP contribution in [0.1, 0.15) is 26.3 Å². The quantitative estimate of drug-likeness (QED) is 0.782. The SMILES string of the molecule is Cc1ccc(S(=O)(=O)O[C@H](C)C(C)(C)F)cc1. The molecule has 0 saturated heterocycles. The minimum atomic E-state index is -3.90. The molecule has 96 valence electrons. The van der Waals surface area contributed by atoms with Gasteiger partial charge in [-0.15, -0.1) is 0 Å². The largest absolute Gasteiger partial charge is 0.297 e. The van der Waals surface area contributed by atoms with Crippen molar-refractivity contribution in [1.29, 1.82) is 0 Å². The van der Waals surface area contributed by atoms with Crippen LogP contribution in [0.15, 0.2) is 29.2 Å². The lowest BCUT2D eigenvalue weighted by molar-refractivity contribution is 0.0536. The Bertz CT molecular complexity index is 471. The first-order valence-electron chi connectivity index (χ1n) is 5.32. The molecule has 3 nitrogen and oxygen atoms in total. The lowest BCUT2D eigenvalue weighted by Gasteiger charge is -2.22. The maximum absolute atomic E-state index is 13.5. The van der Waals surface area contributed by atoms with Gasteiger partial charge in [0.2, 0.25) is 0 Å². The van der Waals surface area contributed by atoms with Gasteiger partial charge in [-0.2, -0.15) is 8.42 Å². The topological polar surface area (TPSA) is 43.4 Å². The second-order valence-electron chi connectivity index (χ2n) is 4.57. The zero-order chi connectivity index (χ0) is 13.3. The van der Waals surface area contributed by atoms with E-state index >= 15 is 0 Å². The highest BCUT2D eigenvalue weighted by Gasteiger charge is 2.31. The molecule has 5 heteroatoms. The van der Waals surface area contributed by atoms with Gasteiger partial charge in [0.05, 0.1) is 4.90 Å². The molecular weight excluding hydrogens is 243 g/mol. The molecule has 1 rings (SSSR count). The van der Waals surface area contributed by atoms with E-state index in [0.717, 1.165) is 5.56 Å². The third-order valence-corrected chi connectivity index (χ3v) is 3.94. The highest BCUT2D eigenvalue weighted by molar-refractivity contribution is 7.86. The molecule has 0 unspecified atom stereocenters. The molecule has 0 amide bonds. The molecule has 0 heterocycles. The zero-order valence-electron chi connectivity index (χ0n) is 10.4. The Labute approximate surface area is 102 Å². The molecule has 1 atom stereocenters. The van der Waals surface area contributed by atoms with Crippen molar-refractivity contribution in [3.8, 4) is 0 Å². The Hall–Kier alpha value is -0.940. The van der Waals surface area contributed by atoms with Crippen molar-refractivity contribution in [2.75, 3.05) is 0 Å². The van der Waals surface area contributed by atoms with Crippen LogP contribution >= 0.6 is 0 Å². The normalized spacial score (nSPS) is 14.6. The van der Waals surface area contributed by atoms with Gasteiger partial charge in [0, 0.05) is 0 Å². The monoisotopic (exact) mass is 260 g/mol. The number of rotatable bonds is 4. The van der Waals surface area contributed by atoms with Crippen LogP contribution in [0.4, 0.5) is 4.39 Å². The van der Waals surface area contributed by atoms with Crippen molar-refractivity contribution < 1.29 is 17.0 Å². The molecule has 0 aromatic heterocycles. The number of hydrogen-bond donors (Lipinski definition) is 0. The molecule has 0 bridgehead atoms. The minimum Gasteiger partial charge on any atom is -0.260 e. The predicted octanol–water partition coefficient (Wildman–Crippen LogP) is 2.84. The van der Waals surface area contributed by atoms with E-state index in [-0.39, 0.29) is 4.90 Å². The molecule has 1 aromatic rings. The highest BCUT2D eigenvalue weighted by atomic mass is 32.2. The number of aryl methyl sites for hydroxylation is 1. The molecule has 0 saturated carbocycles. The van der Waals surface area contributed by atoms with Gasteiger partial charge in [0.1, 0.15) is 11.8 Å². The lowest BCUT2D eigenvalue weighted by atomic mass is 10.1. The number of alkyl halides is 1. The van der Waals surface area contributed by atoms with Crippen molar-refractivity contribution in [1.82, 2.24) is 0 Å². The van der Waals surface area contributed by atoms with Crippen LogP contribution in [0, 0.1) is 6.92 Å². The van der Waals surface area contributed by atoms with E-state index in [9.17, 15) is 12.8 Å². The van der Waals surface area contributed by atoms with Crippen LogP contribution in [0.5, 0.6) is 0 Å². The maximum atomic E-state index is 13.5. The fourth-order valence-corrected chi connectivity index (χ4v) is 2.25. The average molecular weight is 260 g/mol. The van der Waals surface area contributed by atoms with Crippen LogP contribution in [0.25, 0.3) is 0 Å². The fraction of sp³-hybridized carbons (Fsp3) is 0.500.